The Morgan fingerprint density at radius 3 is 1.95 bits per heavy atom. The Labute approximate surface area is 322 Å². The molecule has 2 heteroatoms. The van der Waals surface area contributed by atoms with Crippen LogP contribution in [-0.2, 0) is 0 Å². The van der Waals surface area contributed by atoms with Gasteiger partial charge in [0.2, 0.25) is 0 Å². The number of aromatic nitrogens is 1. The lowest BCUT2D eigenvalue weighted by atomic mass is 9.87. The Bertz CT molecular complexity index is 2890. The van der Waals surface area contributed by atoms with Crippen LogP contribution in [0.25, 0.3) is 66.1 Å². The van der Waals surface area contributed by atoms with E-state index in [1.54, 1.807) is 0 Å². The van der Waals surface area contributed by atoms with E-state index < -0.39 is 0 Å². The number of hydrogen-bond acceptors (Lipinski definition) is 1. The highest BCUT2D eigenvalue weighted by Crippen LogP contribution is 2.45. The van der Waals surface area contributed by atoms with Crippen LogP contribution in [0.15, 0.2) is 206 Å². The number of fused-ring (bicyclic) bond motifs is 4. The van der Waals surface area contributed by atoms with Crippen LogP contribution >= 0.6 is 0 Å². The fourth-order valence-corrected chi connectivity index (χ4v) is 8.54. The fourth-order valence-electron chi connectivity index (χ4n) is 8.54. The van der Waals surface area contributed by atoms with Gasteiger partial charge in [-0.2, -0.15) is 0 Å². The summed E-state index contributed by atoms with van der Waals surface area (Å²) in [6, 6.07) is 68.4. The highest BCUT2D eigenvalue weighted by molar-refractivity contribution is 6.11. The van der Waals surface area contributed by atoms with Crippen molar-refractivity contribution in [2.45, 2.75) is 13.3 Å². The van der Waals surface area contributed by atoms with Crippen LogP contribution in [0.2, 0.25) is 0 Å². The molecule has 8 aromatic carbocycles. The average Bonchev–Trinajstić information content (AvgIpc) is 3.58. The van der Waals surface area contributed by atoms with Crippen LogP contribution in [0.1, 0.15) is 18.9 Å². The van der Waals surface area contributed by atoms with E-state index in [1.165, 1.54) is 71.7 Å². The number of benzene rings is 8. The van der Waals surface area contributed by atoms with Gasteiger partial charge in [-0.3, -0.25) is 0 Å². The van der Waals surface area contributed by atoms with Crippen LogP contribution in [0.4, 0.5) is 17.1 Å². The zero-order valence-corrected chi connectivity index (χ0v) is 30.8. The molecule has 0 fully saturated rings. The lowest BCUT2D eigenvalue weighted by Crippen LogP contribution is -2.11. The predicted octanol–water partition coefficient (Wildman–Crippen LogP) is 14.7. The molecule has 10 rings (SSSR count). The third kappa shape index (κ3) is 5.84. The third-order valence-electron chi connectivity index (χ3n) is 11.1. The van der Waals surface area contributed by atoms with E-state index in [2.05, 4.69) is 223 Å². The van der Waals surface area contributed by atoms with Crippen molar-refractivity contribution in [3.8, 4) is 27.9 Å². The van der Waals surface area contributed by atoms with E-state index >= 15 is 0 Å². The Kier molecular flexibility index (Phi) is 8.22. The summed E-state index contributed by atoms with van der Waals surface area (Å²) in [6.45, 7) is 2.30. The van der Waals surface area contributed by atoms with Crippen LogP contribution in [0.3, 0.4) is 0 Å². The van der Waals surface area contributed by atoms with Crippen LogP contribution in [-0.4, -0.2) is 4.57 Å². The number of rotatable bonds is 7. The number of nitrogens with zero attached hydrogens (tertiary/aromatic N) is 2. The maximum absolute atomic E-state index is 2.42. The molecule has 1 atom stereocenters. The Hall–Kier alpha value is -6.90. The first kappa shape index (κ1) is 32.7. The van der Waals surface area contributed by atoms with Gasteiger partial charge in [-0.25, -0.2) is 0 Å². The first-order valence-corrected chi connectivity index (χ1v) is 19.3. The second-order valence-electron chi connectivity index (χ2n) is 14.6. The second-order valence-corrected chi connectivity index (χ2v) is 14.6. The van der Waals surface area contributed by atoms with Crippen molar-refractivity contribution in [1.29, 1.82) is 0 Å². The number of anilines is 3. The molecular weight excluding hydrogens is 665 g/mol. The minimum Gasteiger partial charge on any atom is -0.310 e. The number of hydrogen-bond donors (Lipinski definition) is 0. The van der Waals surface area contributed by atoms with Crippen LogP contribution in [0, 0.1) is 5.92 Å². The van der Waals surface area contributed by atoms with Gasteiger partial charge in [0.25, 0.3) is 0 Å². The molecule has 1 aliphatic rings. The summed E-state index contributed by atoms with van der Waals surface area (Å²) in [4.78, 5) is 2.40. The lowest BCUT2D eigenvalue weighted by molar-refractivity contribution is 0.740. The molecule has 1 aliphatic carbocycles. The summed E-state index contributed by atoms with van der Waals surface area (Å²) in [6.07, 6.45) is 8.13. The average molecular weight is 705 g/mol. The van der Waals surface area contributed by atoms with E-state index in [0.29, 0.717) is 5.92 Å². The maximum atomic E-state index is 2.42. The predicted molar refractivity (Wildman–Crippen MR) is 235 cm³/mol. The maximum Gasteiger partial charge on any atom is 0.0541 e. The van der Waals surface area contributed by atoms with Gasteiger partial charge < -0.3 is 9.47 Å². The van der Waals surface area contributed by atoms with Gasteiger partial charge in [-0.1, -0.05) is 153 Å². The minimum atomic E-state index is 0.517. The van der Waals surface area contributed by atoms with Crippen molar-refractivity contribution in [3.05, 3.63) is 212 Å². The second kappa shape index (κ2) is 13.8. The normalized spacial score (nSPS) is 14.1. The summed E-state index contributed by atoms with van der Waals surface area (Å²) in [5, 5.41) is 5.05. The molecule has 1 unspecified atom stereocenters. The summed E-state index contributed by atoms with van der Waals surface area (Å²) < 4.78 is 2.37. The van der Waals surface area contributed by atoms with E-state index in [4.69, 9.17) is 0 Å². The Balaban J connectivity index is 1.09. The van der Waals surface area contributed by atoms with Gasteiger partial charge in [-0.15, -0.1) is 0 Å². The van der Waals surface area contributed by atoms with Gasteiger partial charge in [0.15, 0.2) is 0 Å². The molecule has 0 spiro atoms. The summed E-state index contributed by atoms with van der Waals surface area (Å²) in [5.41, 5.74) is 14.4. The molecular formula is C53H40N2. The van der Waals surface area contributed by atoms with E-state index in [-0.39, 0.29) is 0 Å². The standard InChI is InChI=1S/C53H40N2/c1-37-15-12-18-41(35-37)45-25-13-16-39-17-14-26-48(53(39)45)46-23-8-10-27-50(46)54(42-19-4-2-5-20-42)44-32-29-38(30-33-44)40-31-34-52-49(36-40)47-24-9-11-28-51(47)55(52)43-21-6-3-7-22-43/h2-14,16-37H,15H2,1H3. The van der Waals surface area contributed by atoms with Crippen molar-refractivity contribution in [1.82, 2.24) is 4.57 Å². The molecule has 1 aromatic heterocycles. The molecule has 55 heavy (non-hydrogen) atoms. The lowest BCUT2D eigenvalue weighted by Gasteiger charge is -2.28. The van der Waals surface area contributed by atoms with Gasteiger partial charge in [0.05, 0.1) is 16.7 Å². The molecule has 262 valence electrons. The monoisotopic (exact) mass is 704 g/mol. The van der Waals surface area contributed by atoms with E-state index in [1.807, 2.05) is 0 Å². The molecule has 0 aliphatic heterocycles. The molecule has 0 amide bonds. The minimum absolute atomic E-state index is 0.517. The SMILES string of the molecule is CC1C=C(c2cccc3cccc(-c4ccccc4N(c4ccccc4)c4ccc(-c5ccc6c(c5)c5ccccc5n6-c5ccccc5)cc4)c23)C=CC1. The molecule has 0 bridgehead atoms. The molecule has 1 heterocycles. The summed E-state index contributed by atoms with van der Waals surface area (Å²) in [7, 11) is 0. The molecule has 2 nitrogen and oxygen atoms in total. The Morgan fingerprint density at radius 2 is 1.15 bits per heavy atom. The summed E-state index contributed by atoms with van der Waals surface area (Å²) in [5.74, 6) is 0.517. The van der Waals surface area contributed by atoms with E-state index in [9.17, 15) is 0 Å². The quantitative estimate of drug-likeness (QED) is 0.160. The van der Waals surface area contributed by atoms with Gasteiger partial charge in [0, 0.05) is 33.4 Å². The zero-order chi connectivity index (χ0) is 36.7. The zero-order valence-electron chi connectivity index (χ0n) is 30.8. The van der Waals surface area contributed by atoms with Crippen molar-refractivity contribution < 1.29 is 0 Å². The van der Waals surface area contributed by atoms with Crippen molar-refractivity contribution in [2.75, 3.05) is 4.90 Å². The van der Waals surface area contributed by atoms with Crippen molar-refractivity contribution in [2.24, 2.45) is 5.92 Å². The molecule has 0 saturated carbocycles. The fraction of sp³-hybridized carbons (Fsp3) is 0.0566. The van der Waals surface area contributed by atoms with E-state index in [0.717, 1.165) is 23.5 Å². The van der Waals surface area contributed by atoms with Crippen LogP contribution < -0.4 is 4.90 Å². The van der Waals surface area contributed by atoms with Gasteiger partial charge in [-0.05, 0) is 112 Å². The van der Waals surface area contributed by atoms with Crippen molar-refractivity contribution >= 4 is 55.2 Å². The largest absolute Gasteiger partial charge is 0.310 e. The highest BCUT2D eigenvalue weighted by Gasteiger charge is 2.20. The summed E-state index contributed by atoms with van der Waals surface area (Å²) >= 11 is 0. The third-order valence-corrected chi connectivity index (χ3v) is 11.1. The Morgan fingerprint density at radius 1 is 0.509 bits per heavy atom. The first-order valence-electron chi connectivity index (χ1n) is 19.3. The number of allylic oxidation sites excluding steroid dienone is 4. The van der Waals surface area contributed by atoms with Crippen LogP contribution in [0.5, 0.6) is 0 Å². The van der Waals surface area contributed by atoms with Gasteiger partial charge >= 0.3 is 0 Å². The smallest absolute Gasteiger partial charge is 0.0541 e. The molecule has 0 radical (unpaired) electrons. The molecule has 9 aromatic rings. The number of para-hydroxylation sites is 4. The van der Waals surface area contributed by atoms with Crippen molar-refractivity contribution in [3.63, 3.8) is 0 Å². The molecule has 0 N–H and O–H groups in total. The molecule has 0 saturated heterocycles. The topological polar surface area (TPSA) is 8.17 Å². The highest BCUT2D eigenvalue weighted by atomic mass is 15.1. The first-order chi connectivity index (χ1) is 27.2. The van der Waals surface area contributed by atoms with Gasteiger partial charge in [0.1, 0.15) is 0 Å².